The quantitative estimate of drug-likeness (QED) is 0.0915. The molecule has 6 amide bonds. The number of thioether (sulfide) groups is 1. The summed E-state index contributed by atoms with van der Waals surface area (Å²) in [6.07, 6.45) is 2.02. The number of imide groups is 2. The number of unbranched alkanes of at least 4 members (excludes halogenated alkanes) is 3. The van der Waals surface area contributed by atoms with E-state index in [9.17, 15) is 33.9 Å². The lowest BCUT2D eigenvalue weighted by Crippen LogP contribution is -2.52. The average Bonchev–Trinajstić information content (AvgIpc) is 3.67. The van der Waals surface area contributed by atoms with E-state index in [0.29, 0.717) is 86.2 Å². The molecule has 0 saturated carbocycles. The van der Waals surface area contributed by atoms with E-state index in [-0.39, 0.29) is 42.0 Å². The van der Waals surface area contributed by atoms with Crippen LogP contribution in [0.5, 0.6) is 0 Å². The summed E-state index contributed by atoms with van der Waals surface area (Å²) in [5.74, 6) is -0.695. The van der Waals surface area contributed by atoms with Crippen LogP contribution in [0.25, 0.3) is 0 Å². The van der Waals surface area contributed by atoms with Gasteiger partial charge in [-0.3, -0.25) is 29.0 Å². The smallest absolute Gasteiger partial charge is 0.404 e. The summed E-state index contributed by atoms with van der Waals surface area (Å²) in [7, 11) is 0. The van der Waals surface area contributed by atoms with Crippen LogP contribution >= 0.6 is 11.8 Å². The summed E-state index contributed by atoms with van der Waals surface area (Å²) in [6, 6.07) is 12.5. The van der Waals surface area contributed by atoms with Crippen LogP contribution in [0.2, 0.25) is 0 Å². The monoisotopic (exact) mass is 710 g/mol. The van der Waals surface area contributed by atoms with Crippen molar-refractivity contribution >= 4 is 47.6 Å². The Kier molecular flexibility index (Phi) is 12.8. The lowest BCUT2D eigenvalue weighted by Gasteiger charge is -2.24. The fraction of sp³-hybridized carbons (Fsp3) is 0.486. The van der Waals surface area contributed by atoms with Crippen molar-refractivity contribution in [1.29, 1.82) is 0 Å². The Bertz CT molecular complexity index is 1430. The van der Waals surface area contributed by atoms with Crippen LogP contribution < -0.4 is 10.6 Å². The molecule has 3 aliphatic heterocycles. The van der Waals surface area contributed by atoms with E-state index in [0.717, 1.165) is 6.42 Å². The first kappa shape index (κ1) is 36.8. The minimum atomic E-state index is -1.20. The normalized spacial score (nSPS) is 19.7. The van der Waals surface area contributed by atoms with E-state index in [2.05, 4.69) is 10.6 Å². The van der Waals surface area contributed by atoms with E-state index >= 15 is 0 Å². The van der Waals surface area contributed by atoms with Gasteiger partial charge in [0.25, 0.3) is 23.6 Å². The molecule has 268 valence electrons. The van der Waals surface area contributed by atoms with Crippen LogP contribution in [0.4, 0.5) is 9.59 Å². The van der Waals surface area contributed by atoms with Crippen molar-refractivity contribution in [2.75, 3.05) is 32.1 Å². The highest BCUT2D eigenvalue weighted by atomic mass is 32.2. The molecule has 0 spiro atoms. The molecule has 5 rings (SSSR count). The van der Waals surface area contributed by atoms with Crippen LogP contribution in [-0.4, -0.2) is 112 Å². The maximum atomic E-state index is 12.7. The van der Waals surface area contributed by atoms with Crippen molar-refractivity contribution in [2.24, 2.45) is 0 Å². The molecule has 0 unspecified atom stereocenters. The number of hydrogen-bond acceptors (Lipinski definition) is 9. The van der Waals surface area contributed by atoms with Gasteiger partial charge in [-0.1, -0.05) is 30.7 Å². The molecule has 2 aromatic rings. The van der Waals surface area contributed by atoms with E-state index < -0.39 is 30.6 Å². The Balaban J connectivity index is 1.07. The number of carboxylic acid groups (broad SMARTS) is 2. The molecule has 0 aliphatic carbocycles. The number of carbonyl (C=O) groups is 6. The summed E-state index contributed by atoms with van der Waals surface area (Å²) in [6.45, 7) is 1.24. The molecule has 3 heterocycles. The number of benzene rings is 2. The van der Waals surface area contributed by atoms with Crippen molar-refractivity contribution in [1.82, 2.24) is 20.4 Å². The highest BCUT2D eigenvalue weighted by molar-refractivity contribution is 8.00. The van der Waals surface area contributed by atoms with Gasteiger partial charge in [0.05, 0.1) is 34.3 Å². The van der Waals surface area contributed by atoms with Gasteiger partial charge in [0, 0.05) is 37.3 Å². The first-order chi connectivity index (χ1) is 24.2. The van der Waals surface area contributed by atoms with Gasteiger partial charge in [-0.25, -0.2) is 9.59 Å². The number of carbonyl (C=O) groups excluding carboxylic acids is 4. The molecule has 0 radical (unpaired) electrons. The zero-order valence-electron chi connectivity index (χ0n) is 27.6. The highest BCUT2D eigenvalue weighted by Gasteiger charge is 2.39. The second kappa shape index (κ2) is 17.5. The second-order valence-electron chi connectivity index (χ2n) is 12.4. The number of nitrogens with zero attached hydrogens (tertiary/aromatic N) is 2. The van der Waals surface area contributed by atoms with E-state index in [1.165, 1.54) is 21.6 Å². The fourth-order valence-electron chi connectivity index (χ4n) is 6.51. The molecule has 3 aliphatic rings. The molecule has 1 fully saturated rings. The minimum Gasteiger partial charge on any atom is -0.465 e. The lowest BCUT2D eigenvalue weighted by molar-refractivity contribution is -0.148. The van der Waals surface area contributed by atoms with E-state index in [1.54, 1.807) is 48.5 Å². The number of rotatable bonds is 19. The molecule has 0 aromatic heterocycles. The Labute approximate surface area is 293 Å². The average molecular weight is 711 g/mol. The van der Waals surface area contributed by atoms with Gasteiger partial charge in [0.1, 0.15) is 0 Å². The number of amides is 6. The van der Waals surface area contributed by atoms with E-state index in [1.807, 2.05) is 0 Å². The third-order valence-corrected chi connectivity index (χ3v) is 10.5. The van der Waals surface area contributed by atoms with Crippen molar-refractivity contribution < 1.29 is 48.5 Å². The third kappa shape index (κ3) is 9.00. The van der Waals surface area contributed by atoms with Crippen molar-refractivity contribution in [3.8, 4) is 0 Å². The molecule has 2 aromatic carbocycles. The van der Waals surface area contributed by atoms with Gasteiger partial charge in [0.2, 0.25) is 0 Å². The van der Waals surface area contributed by atoms with Crippen LogP contribution in [0.15, 0.2) is 48.5 Å². The number of hydrogen-bond donors (Lipinski definition) is 4. The summed E-state index contributed by atoms with van der Waals surface area (Å²) < 4.78 is 12.2. The summed E-state index contributed by atoms with van der Waals surface area (Å²) in [5, 5.41) is 23.2. The van der Waals surface area contributed by atoms with Gasteiger partial charge < -0.3 is 30.3 Å². The third-order valence-electron chi connectivity index (χ3n) is 9.02. The predicted molar refractivity (Wildman–Crippen MR) is 182 cm³/mol. The largest absolute Gasteiger partial charge is 0.465 e. The zero-order valence-corrected chi connectivity index (χ0v) is 28.4. The van der Waals surface area contributed by atoms with Crippen LogP contribution in [0, 0.1) is 0 Å². The van der Waals surface area contributed by atoms with Crippen LogP contribution in [-0.2, 0) is 9.47 Å². The lowest BCUT2D eigenvalue weighted by atomic mass is 10.0. The van der Waals surface area contributed by atoms with Gasteiger partial charge in [0.15, 0.2) is 6.29 Å². The van der Waals surface area contributed by atoms with Crippen molar-refractivity contribution in [3.63, 3.8) is 0 Å². The topological polar surface area (TPSA) is 192 Å². The summed E-state index contributed by atoms with van der Waals surface area (Å²) in [4.78, 5) is 75.7. The fourth-order valence-corrected chi connectivity index (χ4v) is 8.06. The first-order valence-corrected chi connectivity index (χ1v) is 17.9. The molecular formula is C35H42N4O10S. The van der Waals surface area contributed by atoms with Crippen molar-refractivity contribution in [3.05, 3.63) is 70.8 Å². The molecular weight excluding hydrogens is 668 g/mol. The second-order valence-corrected chi connectivity index (χ2v) is 13.7. The number of nitrogens with one attached hydrogen (secondary N) is 2. The summed E-state index contributed by atoms with van der Waals surface area (Å²) >= 11 is 1.54. The minimum absolute atomic E-state index is 0.0903. The van der Waals surface area contributed by atoms with E-state index in [4.69, 9.17) is 14.6 Å². The molecule has 1 saturated heterocycles. The summed E-state index contributed by atoms with van der Waals surface area (Å²) in [5.41, 5.74) is 1.67. The van der Waals surface area contributed by atoms with Gasteiger partial charge in [-0.15, -0.1) is 0 Å². The molecule has 15 heteroatoms. The zero-order chi connectivity index (χ0) is 35.6. The van der Waals surface area contributed by atoms with Crippen LogP contribution in [0.1, 0.15) is 92.8 Å². The van der Waals surface area contributed by atoms with Crippen LogP contribution in [0.3, 0.4) is 0 Å². The maximum Gasteiger partial charge on any atom is 0.404 e. The molecule has 4 N–H and O–H groups in total. The Hall–Kier alpha value is -4.47. The standard InChI is InChI=1S/C35H42N4O10S/c40-30-22-11-1-2-12-23(22)31(41)38(30)17-7-9-19-48-28(16-6-5-15-27-29(37-35(46)47)26(21-50-27)36-34(44)45)49-20-10-8-18-39-32(42)24-13-3-4-14-25(24)33(39)43/h1-4,11-14,26-29,36-37H,5-10,15-21H2,(H,44,45)(H,46,47)/t26-,27-,29-/m0/s1. The Morgan fingerprint density at radius 1 is 0.700 bits per heavy atom. The molecule has 50 heavy (non-hydrogen) atoms. The number of ether oxygens (including phenoxy) is 2. The number of fused-ring (bicyclic) bond motifs is 2. The van der Waals surface area contributed by atoms with Crippen molar-refractivity contribution in [2.45, 2.75) is 75.0 Å². The maximum absolute atomic E-state index is 12.7. The van der Waals surface area contributed by atoms with Gasteiger partial charge >= 0.3 is 12.2 Å². The SMILES string of the molecule is O=C(O)N[C@H]1[C@@H](NC(=O)O)CS[C@H]1CCCCC(OCCCCN1C(=O)c2ccccc2C1=O)OCCCCN1C(=O)c2ccccc2C1=O. The van der Waals surface area contributed by atoms with Gasteiger partial charge in [-0.2, -0.15) is 11.8 Å². The molecule has 0 bridgehead atoms. The molecule has 14 nitrogen and oxygen atoms in total. The highest BCUT2D eigenvalue weighted by Crippen LogP contribution is 2.32. The molecule has 3 atom stereocenters. The Morgan fingerprint density at radius 3 is 1.60 bits per heavy atom. The predicted octanol–water partition coefficient (Wildman–Crippen LogP) is 4.45. The Morgan fingerprint density at radius 2 is 1.16 bits per heavy atom. The van der Waals surface area contributed by atoms with Gasteiger partial charge in [-0.05, 0) is 69.2 Å². The first-order valence-electron chi connectivity index (χ1n) is 16.9.